The van der Waals surface area contributed by atoms with Gasteiger partial charge in [-0.1, -0.05) is 13.8 Å². The van der Waals surface area contributed by atoms with Gasteiger partial charge in [-0.15, -0.1) is 0 Å². The minimum Gasteiger partial charge on any atom is -0.339 e. The average molecular weight is 336 g/mol. The lowest BCUT2D eigenvalue weighted by molar-refractivity contribution is -0.134. The second-order valence-corrected chi connectivity index (χ2v) is 7.68. The molecule has 2 aliphatic heterocycles. The molecule has 126 valence electrons. The van der Waals surface area contributed by atoms with E-state index in [4.69, 9.17) is 0 Å². The fourth-order valence-corrected chi connectivity index (χ4v) is 4.05. The Balaban J connectivity index is 1.72. The van der Waals surface area contributed by atoms with E-state index in [1.165, 1.54) is 0 Å². The summed E-state index contributed by atoms with van der Waals surface area (Å²) in [7, 11) is 0. The van der Waals surface area contributed by atoms with Gasteiger partial charge in [0, 0.05) is 36.8 Å². The standard InChI is InChI=1S/C16H24N4O2S/c1-11(2)12-10-13(18-17-12)15(21)20-5-3-4-14(20)16(22)19-6-8-23-9-7-19/h10-11,14H,3-9H2,1-2H3,(H,17,18). The third kappa shape index (κ3) is 3.39. The van der Waals surface area contributed by atoms with Crippen LogP contribution in [-0.2, 0) is 4.79 Å². The van der Waals surface area contributed by atoms with E-state index in [2.05, 4.69) is 24.0 Å². The molecular formula is C16H24N4O2S. The summed E-state index contributed by atoms with van der Waals surface area (Å²) in [5, 5.41) is 7.07. The number of aromatic nitrogens is 2. The molecule has 0 aliphatic carbocycles. The molecule has 1 aromatic heterocycles. The highest BCUT2D eigenvalue weighted by Crippen LogP contribution is 2.23. The van der Waals surface area contributed by atoms with Crippen LogP contribution in [0, 0.1) is 0 Å². The first-order valence-electron chi connectivity index (χ1n) is 8.30. The van der Waals surface area contributed by atoms with Gasteiger partial charge in [-0.3, -0.25) is 14.7 Å². The second kappa shape index (κ2) is 6.95. The first-order valence-corrected chi connectivity index (χ1v) is 9.46. The molecule has 0 saturated carbocycles. The molecule has 0 aromatic carbocycles. The third-order valence-electron chi connectivity index (χ3n) is 4.56. The summed E-state index contributed by atoms with van der Waals surface area (Å²) in [5.74, 6) is 2.25. The van der Waals surface area contributed by atoms with Crippen molar-refractivity contribution in [3.05, 3.63) is 17.5 Å². The van der Waals surface area contributed by atoms with E-state index in [0.29, 0.717) is 18.2 Å². The first-order chi connectivity index (χ1) is 11.1. The number of likely N-dealkylation sites (tertiary alicyclic amines) is 1. The highest BCUT2D eigenvalue weighted by atomic mass is 32.2. The zero-order chi connectivity index (χ0) is 16.4. The van der Waals surface area contributed by atoms with Crippen LogP contribution in [-0.4, -0.2) is 69.0 Å². The van der Waals surface area contributed by atoms with Crippen molar-refractivity contribution >= 4 is 23.6 Å². The molecule has 0 radical (unpaired) electrons. The number of H-pyrrole nitrogens is 1. The van der Waals surface area contributed by atoms with Gasteiger partial charge in [-0.25, -0.2) is 0 Å². The second-order valence-electron chi connectivity index (χ2n) is 6.46. The van der Waals surface area contributed by atoms with Crippen LogP contribution in [0.15, 0.2) is 6.07 Å². The van der Waals surface area contributed by atoms with E-state index >= 15 is 0 Å². The summed E-state index contributed by atoms with van der Waals surface area (Å²) in [6.07, 6.45) is 1.64. The van der Waals surface area contributed by atoms with Crippen LogP contribution in [0.4, 0.5) is 0 Å². The molecule has 3 heterocycles. The number of hydrogen-bond donors (Lipinski definition) is 1. The van der Waals surface area contributed by atoms with Crippen LogP contribution in [0.25, 0.3) is 0 Å². The Morgan fingerprint density at radius 1 is 1.30 bits per heavy atom. The van der Waals surface area contributed by atoms with E-state index in [9.17, 15) is 9.59 Å². The van der Waals surface area contributed by atoms with E-state index in [0.717, 1.165) is 43.1 Å². The molecule has 23 heavy (non-hydrogen) atoms. The lowest BCUT2D eigenvalue weighted by atomic mass is 10.1. The maximum absolute atomic E-state index is 12.8. The molecule has 3 rings (SSSR count). The van der Waals surface area contributed by atoms with Crippen LogP contribution in [0.1, 0.15) is 48.8 Å². The Labute approximate surface area is 141 Å². The summed E-state index contributed by atoms with van der Waals surface area (Å²) in [5.41, 5.74) is 1.37. The molecular weight excluding hydrogens is 312 g/mol. The Morgan fingerprint density at radius 3 is 2.70 bits per heavy atom. The molecule has 1 atom stereocenters. The fraction of sp³-hybridized carbons (Fsp3) is 0.688. The van der Waals surface area contributed by atoms with Gasteiger partial charge in [-0.05, 0) is 24.8 Å². The number of rotatable bonds is 3. The van der Waals surface area contributed by atoms with Crippen molar-refractivity contribution < 1.29 is 9.59 Å². The van der Waals surface area contributed by atoms with Crippen molar-refractivity contribution in [3.63, 3.8) is 0 Å². The summed E-state index contributed by atoms with van der Waals surface area (Å²) >= 11 is 1.88. The lowest BCUT2D eigenvalue weighted by Crippen LogP contribution is -2.50. The predicted molar refractivity (Wildman–Crippen MR) is 90.6 cm³/mol. The fourth-order valence-electron chi connectivity index (χ4n) is 3.15. The van der Waals surface area contributed by atoms with Gasteiger partial charge in [-0.2, -0.15) is 16.9 Å². The molecule has 0 bridgehead atoms. The number of amides is 2. The maximum Gasteiger partial charge on any atom is 0.275 e. The summed E-state index contributed by atoms with van der Waals surface area (Å²) < 4.78 is 0. The summed E-state index contributed by atoms with van der Waals surface area (Å²) in [6, 6.07) is 1.49. The minimum atomic E-state index is -0.315. The van der Waals surface area contributed by atoms with Crippen LogP contribution in [0.5, 0.6) is 0 Å². The van der Waals surface area contributed by atoms with Crippen molar-refractivity contribution in [2.75, 3.05) is 31.1 Å². The molecule has 1 N–H and O–H groups in total. The molecule has 2 fully saturated rings. The lowest BCUT2D eigenvalue weighted by Gasteiger charge is -2.32. The number of nitrogens with one attached hydrogen (secondary N) is 1. The van der Waals surface area contributed by atoms with E-state index in [1.54, 1.807) is 4.90 Å². The Morgan fingerprint density at radius 2 is 2.04 bits per heavy atom. The Hall–Kier alpha value is -1.50. The molecule has 1 unspecified atom stereocenters. The smallest absolute Gasteiger partial charge is 0.275 e. The zero-order valence-corrected chi connectivity index (χ0v) is 14.6. The molecule has 6 nitrogen and oxygen atoms in total. The van der Waals surface area contributed by atoms with Gasteiger partial charge in [0.15, 0.2) is 0 Å². The van der Waals surface area contributed by atoms with Crippen molar-refractivity contribution in [2.24, 2.45) is 0 Å². The summed E-state index contributed by atoms with van der Waals surface area (Å²) in [6.45, 7) is 6.34. The normalized spacial score (nSPS) is 22.0. The Bertz CT molecular complexity index is 580. The van der Waals surface area contributed by atoms with Crippen LogP contribution in [0.2, 0.25) is 0 Å². The highest BCUT2D eigenvalue weighted by Gasteiger charge is 2.37. The van der Waals surface area contributed by atoms with Crippen molar-refractivity contribution in [3.8, 4) is 0 Å². The number of carbonyl (C=O) groups is 2. The predicted octanol–water partition coefficient (Wildman–Crippen LogP) is 1.71. The van der Waals surface area contributed by atoms with Gasteiger partial charge >= 0.3 is 0 Å². The zero-order valence-electron chi connectivity index (χ0n) is 13.7. The quantitative estimate of drug-likeness (QED) is 0.912. The van der Waals surface area contributed by atoms with Crippen molar-refractivity contribution in [2.45, 2.75) is 38.6 Å². The van der Waals surface area contributed by atoms with E-state index in [1.807, 2.05) is 22.7 Å². The molecule has 2 amide bonds. The molecule has 1 aromatic rings. The van der Waals surface area contributed by atoms with Gasteiger partial charge in [0.1, 0.15) is 11.7 Å². The van der Waals surface area contributed by atoms with E-state index < -0.39 is 0 Å². The molecule has 2 aliphatic rings. The van der Waals surface area contributed by atoms with E-state index in [-0.39, 0.29) is 17.9 Å². The third-order valence-corrected chi connectivity index (χ3v) is 5.50. The summed E-state index contributed by atoms with van der Waals surface area (Å²) in [4.78, 5) is 29.1. The SMILES string of the molecule is CC(C)c1cc(C(=O)N2CCCC2C(=O)N2CCSCC2)n[nH]1. The average Bonchev–Trinajstić information content (AvgIpc) is 3.23. The van der Waals surface area contributed by atoms with Gasteiger partial charge in [0.2, 0.25) is 5.91 Å². The number of thioether (sulfide) groups is 1. The number of carbonyl (C=O) groups excluding carboxylic acids is 2. The van der Waals surface area contributed by atoms with Crippen molar-refractivity contribution in [1.29, 1.82) is 0 Å². The van der Waals surface area contributed by atoms with Crippen LogP contribution < -0.4 is 0 Å². The Kier molecular flexibility index (Phi) is 4.94. The largest absolute Gasteiger partial charge is 0.339 e. The van der Waals surface area contributed by atoms with Gasteiger partial charge in [0.05, 0.1) is 0 Å². The number of hydrogen-bond acceptors (Lipinski definition) is 4. The van der Waals surface area contributed by atoms with Gasteiger partial charge in [0.25, 0.3) is 5.91 Å². The maximum atomic E-state index is 12.8. The molecule has 2 saturated heterocycles. The number of nitrogens with zero attached hydrogens (tertiary/aromatic N) is 3. The molecule has 7 heteroatoms. The van der Waals surface area contributed by atoms with Gasteiger partial charge < -0.3 is 9.80 Å². The van der Waals surface area contributed by atoms with Crippen LogP contribution in [0.3, 0.4) is 0 Å². The first kappa shape index (κ1) is 16.4. The highest BCUT2D eigenvalue weighted by molar-refractivity contribution is 7.99. The van der Waals surface area contributed by atoms with Crippen LogP contribution >= 0.6 is 11.8 Å². The minimum absolute atomic E-state index is 0.107. The topological polar surface area (TPSA) is 69.3 Å². The monoisotopic (exact) mass is 336 g/mol. The molecule has 0 spiro atoms. The van der Waals surface area contributed by atoms with Crippen molar-refractivity contribution in [1.82, 2.24) is 20.0 Å². The number of aromatic amines is 1.